The van der Waals surface area contributed by atoms with Crippen LogP contribution in [-0.4, -0.2) is 49.7 Å². The number of rotatable bonds is 3. The molecule has 0 aromatic rings. The molecular formula is C17H27NO4. The number of methoxy groups -OCH3 is 2. The van der Waals surface area contributed by atoms with E-state index in [0.29, 0.717) is 0 Å². The molecule has 3 aliphatic rings. The molecule has 1 saturated heterocycles. The zero-order valence-corrected chi connectivity index (χ0v) is 13.7. The topological polar surface area (TPSA) is 55.8 Å². The Morgan fingerprint density at radius 3 is 2.18 bits per heavy atom. The van der Waals surface area contributed by atoms with Gasteiger partial charge in [0.2, 0.25) is 0 Å². The van der Waals surface area contributed by atoms with Gasteiger partial charge in [-0.05, 0) is 37.5 Å². The predicted molar refractivity (Wildman–Crippen MR) is 81.2 cm³/mol. The van der Waals surface area contributed by atoms with E-state index in [2.05, 4.69) is 0 Å². The largest absolute Gasteiger partial charge is 0.469 e. The van der Waals surface area contributed by atoms with Crippen molar-refractivity contribution in [1.29, 1.82) is 0 Å². The summed E-state index contributed by atoms with van der Waals surface area (Å²) in [7, 11) is 3.13. The number of piperidine rings is 1. The van der Waals surface area contributed by atoms with Gasteiger partial charge in [-0.2, -0.15) is 0 Å². The van der Waals surface area contributed by atoms with Crippen LogP contribution in [0.25, 0.3) is 0 Å². The van der Waals surface area contributed by atoms with Gasteiger partial charge in [-0.3, -0.25) is 9.59 Å². The molecule has 2 saturated carbocycles. The standard InChI is InChI=1S/C17H27NO4/c1-21-14(19)13-12-16(13)8-10-18(11-9-16)15(20)17(22-2)6-4-3-5-7-17/h13H,3-12H2,1-2H3. The maximum atomic E-state index is 12.9. The van der Waals surface area contributed by atoms with Crippen molar-refractivity contribution in [2.45, 2.75) is 57.0 Å². The van der Waals surface area contributed by atoms with Crippen molar-refractivity contribution in [3.63, 3.8) is 0 Å². The van der Waals surface area contributed by atoms with E-state index in [1.807, 2.05) is 4.90 Å². The molecule has 0 bridgehead atoms. The lowest BCUT2D eigenvalue weighted by Gasteiger charge is -2.41. The number of carbonyl (C=O) groups excluding carboxylic acids is 2. The van der Waals surface area contributed by atoms with Crippen LogP contribution in [0.4, 0.5) is 0 Å². The molecule has 0 radical (unpaired) electrons. The van der Waals surface area contributed by atoms with Gasteiger partial charge in [0.25, 0.3) is 5.91 Å². The third kappa shape index (κ3) is 2.53. The molecule has 3 fully saturated rings. The van der Waals surface area contributed by atoms with Gasteiger partial charge in [-0.15, -0.1) is 0 Å². The Bertz CT molecular complexity index is 448. The third-order valence-electron chi connectivity index (χ3n) is 6.16. The first-order valence-electron chi connectivity index (χ1n) is 8.49. The maximum absolute atomic E-state index is 12.9. The van der Waals surface area contributed by atoms with E-state index in [4.69, 9.17) is 9.47 Å². The average Bonchev–Trinajstić information content (AvgIpc) is 3.28. The summed E-state index contributed by atoms with van der Waals surface area (Å²) < 4.78 is 10.5. The molecule has 1 aliphatic heterocycles. The molecule has 0 aromatic carbocycles. The van der Waals surface area contributed by atoms with Gasteiger partial charge in [0.1, 0.15) is 5.60 Å². The lowest BCUT2D eigenvalue weighted by Crippen LogP contribution is -2.53. The molecule has 22 heavy (non-hydrogen) atoms. The lowest BCUT2D eigenvalue weighted by atomic mass is 9.82. The van der Waals surface area contributed by atoms with Crippen LogP contribution >= 0.6 is 0 Å². The summed E-state index contributed by atoms with van der Waals surface area (Å²) in [6, 6.07) is 0. The van der Waals surface area contributed by atoms with Crippen molar-refractivity contribution in [2.75, 3.05) is 27.3 Å². The molecule has 1 unspecified atom stereocenters. The first-order chi connectivity index (χ1) is 10.6. The summed E-state index contributed by atoms with van der Waals surface area (Å²) >= 11 is 0. The lowest BCUT2D eigenvalue weighted by molar-refractivity contribution is -0.161. The minimum absolute atomic E-state index is 0.0563. The van der Waals surface area contributed by atoms with Crippen molar-refractivity contribution < 1.29 is 19.1 Å². The van der Waals surface area contributed by atoms with Gasteiger partial charge in [0.15, 0.2) is 0 Å². The van der Waals surface area contributed by atoms with E-state index in [0.717, 1.165) is 58.0 Å². The molecule has 124 valence electrons. The first kappa shape index (κ1) is 15.8. The van der Waals surface area contributed by atoms with Crippen LogP contribution in [0.2, 0.25) is 0 Å². The van der Waals surface area contributed by atoms with Crippen LogP contribution in [0.1, 0.15) is 51.4 Å². The second-order valence-corrected chi connectivity index (χ2v) is 7.19. The first-order valence-corrected chi connectivity index (χ1v) is 8.49. The van der Waals surface area contributed by atoms with Gasteiger partial charge in [0.05, 0.1) is 13.0 Å². The second kappa shape index (κ2) is 5.84. The van der Waals surface area contributed by atoms with Gasteiger partial charge in [-0.1, -0.05) is 19.3 Å². The molecule has 0 aromatic heterocycles. The summed E-state index contributed by atoms with van der Waals surface area (Å²) in [4.78, 5) is 26.6. The number of nitrogens with zero attached hydrogens (tertiary/aromatic N) is 1. The zero-order valence-electron chi connectivity index (χ0n) is 13.7. The molecule has 0 N–H and O–H groups in total. The van der Waals surface area contributed by atoms with Gasteiger partial charge < -0.3 is 14.4 Å². The van der Waals surface area contributed by atoms with Crippen LogP contribution in [0.3, 0.4) is 0 Å². The van der Waals surface area contributed by atoms with E-state index in [9.17, 15) is 9.59 Å². The Labute approximate surface area is 132 Å². The molecule has 1 heterocycles. The molecule has 3 rings (SSSR count). The van der Waals surface area contributed by atoms with Crippen molar-refractivity contribution in [1.82, 2.24) is 4.90 Å². The van der Waals surface area contributed by atoms with Gasteiger partial charge in [0, 0.05) is 20.2 Å². The van der Waals surface area contributed by atoms with Crippen LogP contribution in [0, 0.1) is 11.3 Å². The fourth-order valence-electron chi connectivity index (χ4n) is 4.45. The fraction of sp³-hybridized carbons (Fsp3) is 0.882. The Morgan fingerprint density at radius 1 is 1.00 bits per heavy atom. The molecule has 5 heteroatoms. The predicted octanol–water partition coefficient (Wildman–Crippen LogP) is 2.14. The summed E-state index contributed by atoms with van der Waals surface area (Å²) in [6.07, 6.45) is 7.78. The number of hydrogen-bond acceptors (Lipinski definition) is 4. The van der Waals surface area contributed by atoms with E-state index < -0.39 is 5.60 Å². The second-order valence-electron chi connectivity index (χ2n) is 7.19. The van der Waals surface area contributed by atoms with Crippen LogP contribution in [-0.2, 0) is 19.1 Å². The number of hydrogen-bond donors (Lipinski definition) is 0. The molecule has 1 spiro atoms. The van der Waals surface area contributed by atoms with E-state index in [-0.39, 0.29) is 23.2 Å². The highest BCUT2D eigenvalue weighted by Gasteiger charge is 2.60. The Kier molecular flexibility index (Phi) is 4.19. The number of ether oxygens (including phenoxy) is 2. The van der Waals surface area contributed by atoms with Crippen molar-refractivity contribution >= 4 is 11.9 Å². The van der Waals surface area contributed by atoms with E-state index in [1.165, 1.54) is 13.5 Å². The fourth-order valence-corrected chi connectivity index (χ4v) is 4.45. The summed E-state index contributed by atoms with van der Waals surface area (Å²) in [5.41, 5.74) is -0.481. The third-order valence-corrected chi connectivity index (χ3v) is 6.16. The number of esters is 1. The van der Waals surface area contributed by atoms with Crippen molar-refractivity contribution in [3.05, 3.63) is 0 Å². The minimum atomic E-state index is -0.589. The highest BCUT2D eigenvalue weighted by atomic mass is 16.5. The SMILES string of the molecule is COC(=O)C1CC12CCN(C(=O)C1(OC)CCCCC1)CC2. The van der Waals surface area contributed by atoms with Crippen molar-refractivity contribution in [2.24, 2.45) is 11.3 Å². The van der Waals surface area contributed by atoms with Crippen molar-refractivity contribution in [3.8, 4) is 0 Å². The minimum Gasteiger partial charge on any atom is -0.469 e. The average molecular weight is 309 g/mol. The normalized spacial score (nSPS) is 29.2. The number of likely N-dealkylation sites (tertiary alicyclic amines) is 1. The summed E-state index contributed by atoms with van der Waals surface area (Å²) in [5.74, 6) is 0.140. The highest BCUT2D eigenvalue weighted by Crippen LogP contribution is 2.59. The van der Waals surface area contributed by atoms with Crippen LogP contribution < -0.4 is 0 Å². The number of amides is 1. The molecule has 5 nitrogen and oxygen atoms in total. The molecule has 2 aliphatic carbocycles. The Balaban J connectivity index is 1.59. The maximum Gasteiger partial charge on any atom is 0.309 e. The van der Waals surface area contributed by atoms with Gasteiger partial charge >= 0.3 is 5.97 Å². The highest BCUT2D eigenvalue weighted by molar-refractivity contribution is 5.85. The van der Waals surface area contributed by atoms with Gasteiger partial charge in [-0.25, -0.2) is 0 Å². The Hall–Kier alpha value is -1.10. The van der Waals surface area contributed by atoms with E-state index in [1.54, 1.807) is 7.11 Å². The molecule has 1 amide bonds. The zero-order chi connectivity index (χ0) is 15.8. The van der Waals surface area contributed by atoms with E-state index >= 15 is 0 Å². The molecular weight excluding hydrogens is 282 g/mol. The quantitative estimate of drug-likeness (QED) is 0.750. The molecule has 1 atom stereocenters. The number of carbonyl (C=O) groups is 2. The van der Waals surface area contributed by atoms with Crippen LogP contribution in [0.5, 0.6) is 0 Å². The monoisotopic (exact) mass is 309 g/mol. The Morgan fingerprint density at radius 2 is 1.64 bits per heavy atom. The summed E-state index contributed by atoms with van der Waals surface area (Å²) in [6.45, 7) is 1.49. The van der Waals surface area contributed by atoms with Crippen LogP contribution in [0.15, 0.2) is 0 Å². The summed E-state index contributed by atoms with van der Waals surface area (Å²) in [5, 5.41) is 0. The smallest absolute Gasteiger partial charge is 0.309 e.